The van der Waals surface area contributed by atoms with Crippen molar-refractivity contribution in [2.75, 3.05) is 19.8 Å². The summed E-state index contributed by atoms with van der Waals surface area (Å²) in [6.45, 7) is -0.463. The van der Waals surface area contributed by atoms with Crippen LogP contribution >= 0.6 is 0 Å². The molecular formula is C16H23NO8. The smallest absolute Gasteiger partial charge is 0.407 e. The molecule has 1 aliphatic rings. The zero-order valence-electron chi connectivity index (χ0n) is 13.5. The maximum absolute atomic E-state index is 11.3. The second-order valence-electron chi connectivity index (χ2n) is 5.76. The van der Waals surface area contributed by atoms with Crippen LogP contribution in [0.2, 0.25) is 0 Å². The number of carbonyl (C=O) groups is 1. The van der Waals surface area contributed by atoms with Crippen LogP contribution in [0.15, 0.2) is 30.3 Å². The number of nitrogens with zero attached hydrogens (tertiary/aromatic N) is 1. The Morgan fingerprint density at radius 3 is 2.40 bits per heavy atom. The lowest BCUT2D eigenvalue weighted by Crippen LogP contribution is -2.59. The first-order valence-corrected chi connectivity index (χ1v) is 7.88. The predicted octanol–water partition coefficient (Wildman–Crippen LogP) is -1.02. The average molecular weight is 357 g/mol. The summed E-state index contributed by atoms with van der Waals surface area (Å²) in [4.78, 5) is 12.5. The Hall–Kier alpha value is -1.75. The van der Waals surface area contributed by atoms with Crippen molar-refractivity contribution in [3.05, 3.63) is 35.9 Å². The highest BCUT2D eigenvalue weighted by molar-refractivity contribution is 5.65. The van der Waals surface area contributed by atoms with Gasteiger partial charge in [0.05, 0.1) is 13.2 Å². The van der Waals surface area contributed by atoms with E-state index in [0.717, 1.165) is 10.5 Å². The number of amides is 1. The standard InChI is InChI=1S/C16H23NO8/c18-9-11-12(19)13(20)14(21)15(25-11)24-7-6-17(16(22)23)8-10-4-2-1-3-5-10/h1-5,11-15,18-21H,6-9H2,(H,22,23)/t11-,12-,13+,14+,15-/m1/s1. The normalized spacial score (nSPS) is 29.4. The highest BCUT2D eigenvalue weighted by atomic mass is 16.7. The molecule has 1 saturated heterocycles. The van der Waals surface area contributed by atoms with E-state index in [1.54, 1.807) is 24.3 Å². The second-order valence-corrected chi connectivity index (χ2v) is 5.76. The van der Waals surface area contributed by atoms with Gasteiger partial charge in [0.2, 0.25) is 0 Å². The molecule has 0 aromatic heterocycles. The van der Waals surface area contributed by atoms with Gasteiger partial charge in [0, 0.05) is 13.1 Å². The molecule has 0 unspecified atom stereocenters. The van der Waals surface area contributed by atoms with Crippen molar-refractivity contribution in [3.8, 4) is 0 Å². The molecule has 0 radical (unpaired) electrons. The minimum absolute atomic E-state index is 0.0131. The van der Waals surface area contributed by atoms with E-state index in [4.69, 9.17) is 14.6 Å². The Bertz CT molecular complexity index is 540. The largest absolute Gasteiger partial charge is 0.465 e. The zero-order chi connectivity index (χ0) is 18.4. The number of aliphatic hydroxyl groups is 4. The summed E-state index contributed by atoms with van der Waals surface area (Å²) in [7, 11) is 0. The number of rotatable bonds is 7. The van der Waals surface area contributed by atoms with E-state index in [0.29, 0.717) is 0 Å². The fourth-order valence-corrected chi connectivity index (χ4v) is 2.53. The molecule has 5 N–H and O–H groups in total. The molecule has 1 fully saturated rings. The van der Waals surface area contributed by atoms with Gasteiger partial charge in [-0.3, -0.25) is 0 Å². The molecule has 5 atom stereocenters. The van der Waals surface area contributed by atoms with E-state index < -0.39 is 43.4 Å². The van der Waals surface area contributed by atoms with Gasteiger partial charge in [0.1, 0.15) is 24.4 Å². The van der Waals surface area contributed by atoms with E-state index in [1.807, 2.05) is 6.07 Å². The van der Waals surface area contributed by atoms with Gasteiger partial charge in [-0.25, -0.2) is 4.79 Å². The molecular weight excluding hydrogens is 334 g/mol. The molecule has 0 bridgehead atoms. The molecule has 1 amide bonds. The first kappa shape index (κ1) is 19.6. The Labute approximate surface area is 144 Å². The first-order valence-electron chi connectivity index (χ1n) is 7.88. The van der Waals surface area contributed by atoms with Crippen molar-refractivity contribution in [1.82, 2.24) is 4.90 Å². The summed E-state index contributed by atoms with van der Waals surface area (Å²) >= 11 is 0. The van der Waals surface area contributed by atoms with Crippen LogP contribution in [-0.4, -0.2) is 87.0 Å². The van der Waals surface area contributed by atoms with Crippen LogP contribution in [0.1, 0.15) is 5.56 Å². The van der Waals surface area contributed by atoms with Crippen LogP contribution in [0, 0.1) is 0 Å². The van der Waals surface area contributed by atoms with Crippen LogP contribution in [0.25, 0.3) is 0 Å². The molecule has 0 spiro atoms. The SMILES string of the molecule is O=C(O)N(CCO[C@@H]1O[C@H](CO)[C@@H](O)[C@H](O)[C@@H]1O)Cc1ccccc1. The lowest BCUT2D eigenvalue weighted by molar-refractivity contribution is -0.301. The predicted molar refractivity (Wildman–Crippen MR) is 84.6 cm³/mol. The molecule has 1 heterocycles. The molecule has 25 heavy (non-hydrogen) atoms. The quantitative estimate of drug-likeness (QED) is 0.418. The van der Waals surface area contributed by atoms with E-state index in [1.165, 1.54) is 0 Å². The Morgan fingerprint density at radius 2 is 1.80 bits per heavy atom. The molecule has 0 aliphatic carbocycles. The van der Waals surface area contributed by atoms with Gasteiger partial charge in [0.25, 0.3) is 0 Å². The summed E-state index contributed by atoms with van der Waals surface area (Å²) in [5, 5.41) is 47.6. The Kier molecular flexibility index (Phi) is 7.12. The molecule has 1 aromatic rings. The summed E-state index contributed by atoms with van der Waals surface area (Å²) in [5.74, 6) is 0. The fourth-order valence-electron chi connectivity index (χ4n) is 2.53. The molecule has 9 heteroatoms. The van der Waals surface area contributed by atoms with Gasteiger partial charge < -0.3 is 39.9 Å². The highest BCUT2D eigenvalue weighted by Gasteiger charge is 2.43. The molecule has 1 aromatic carbocycles. The number of hydrogen-bond acceptors (Lipinski definition) is 7. The fraction of sp³-hybridized carbons (Fsp3) is 0.562. The van der Waals surface area contributed by atoms with Crippen molar-refractivity contribution in [2.45, 2.75) is 37.3 Å². The summed E-state index contributed by atoms with van der Waals surface area (Å²) in [6, 6.07) is 9.04. The van der Waals surface area contributed by atoms with Crippen LogP contribution in [0.3, 0.4) is 0 Å². The van der Waals surface area contributed by atoms with Crippen molar-refractivity contribution >= 4 is 6.09 Å². The third-order valence-electron chi connectivity index (χ3n) is 3.98. The van der Waals surface area contributed by atoms with Crippen molar-refractivity contribution in [3.63, 3.8) is 0 Å². The molecule has 9 nitrogen and oxygen atoms in total. The second kappa shape index (κ2) is 9.09. The van der Waals surface area contributed by atoms with Crippen molar-refractivity contribution in [1.29, 1.82) is 0 Å². The maximum Gasteiger partial charge on any atom is 0.407 e. The van der Waals surface area contributed by atoms with Gasteiger partial charge in [-0.05, 0) is 5.56 Å². The van der Waals surface area contributed by atoms with Crippen molar-refractivity contribution in [2.24, 2.45) is 0 Å². The van der Waals surface area contributed by atoms with E-state index in [9.17, 15) is 25.2 Å². The van der Waals surface area contributed by atoms with Gasteiger partial charge in [-0.15, -0.1) is 0 Å². The third kappa shape index (κ3) is 5.11. The van der Waals surface area contributed by atoms with Crippen LogP contribution < -0.4 is 0 Å². The summed E-state index contributed by atoms with van der Waals surface area (Å²) < 4.78 is 10.5. The topological polar surface area (TPSA) is 140 Å². The molecule has 140 valence electrons. The number of hydrogen-bond donors (Lipinski definition) is 5. The monoisotopic (exact) mass is 357 g/mol. The van der Waals surface area contributed by atoms with Crippen LogP contribution in [-0.2, 0) is 16.0 Å². The van der Waals surface area contributed by atoms with Gasteiger partial charge in [0.15, 0.2) is 6.29 Å². The Balaban J connectivity index is 1.87. The van der Waals surface area contributed by atoms with Crippen LogP contribution in [0.4, 0.5) is 4.79 Å². The first-order chi connectivity index (χ1) is 11.9. The lowest BCUT2D eigenvalue weighted by Gasteiger charge is -2.39. The summed E-state index contributed by atoms with van der Waals surface area (Å²) in [6.07, 6.45) is -7.97. The number of benzene rings is 1. The maximum atomic E-state index is 11.3. The minimum atomic E-state index is -1.53. The van der Waals surface area contributed by atoms with Crippen molar-refractivity contribution < 1.29 is 39.8 Å². The van der Waals surface area contributed by atoms with Crippen LogP contribution in [0.5, 0.6) is 0 Å². The van der Waals surface area contributed by atoms with E-state index in [-0.39, 0.29) is 19.7 Å². The number of carboxylic acid groups (broad SMARTS) is 1. The Morgan fingerprint density at radius 1 is 1.12 bits per heavy atom. The number of aliphatic hydroxyl groups excluding tert-OH is 4. The third-order valence-corrected chi connectivity index (χ3v) is 3.98. The molecule has 2 rings (SSSR count). The lowest BCUT2D eigenvalue weighted by atomic mass is 9.99. The zero-order valence-corrected chi connectivity index (χ0v) is 13.5. The average Bonchev–Trinajstić information content (AvgIpc) is 2.61. The van der Waals surface area contributed by atoms with E-state index >= 15 is 0 Å². The van der Waals surface area contributed by atoms with Gasteiger partial charge in [-0.2, -0.15) is 0 Å². The molecule has 0 saturated carbocycles. The number of ether oxygens (including phenoxy) is 2. The van der Waals surface area contributed by atoms with Gasteiger partial charge in [-0.1, -0.05) is 30.3 Å². The molecule has 1 aliphatic heterocycles. The highest BCUT2D eigenvalue weighted by Crippen LogP contribution is 2.21. The summed E-state index contributed by atoms with van der Waals surface area (Å²) in [5.41, 5.74) is 0.817. The van der Waals surface area contributed by atoms with E-state index in [2.05, 4.69) is 0 Å². The minimum Gasteiger partial charge on any atom is -0.465 e. The van der Waals surface area contributed by atoms with Gasteiger partial charge >= 0.3 is 6.09 Å².